The zero-order valence-corrected chi connectivity index (χ0v) is 27.9. The van der Waals surface area contributed by atoms with E-state index in [0.717, 1.165) is 66.8 Å². The molecule has 3 atom stereocenters. The van der Waals surface area contributed by atoms with Gasteiger partial charge in [0.25, 0.3) is 0 Å². The molecular weight excluding hydrogens is 649 g/mol. The van der Waals surface area contributed by atoms with Gasteiger partial charge in [0.15, 0.2) is 5.75 Å². The third kappa shape index (κ3) is 7.65. The van der Waals surface area contributed by atoms with Gasteiger partial charge in [0.05, 0.1) is 22.5 Å². The van der Waals surface area contributed by atoms with Crippen molar-refractivity contribution in [1.82, 2.24) is 20.5 Å². The monoisotopic (exact) mass is 685 g/mol. The molecule has 6 rings (SSSR count). The summed E-state index contributed by atoms with van der Waals surface area (Å²) in [4.78, 5) is 34.2. The number of aryl methyl sites for hydroxylation is 1. The molecule has 0 unspecified atom stereocenters. The van der Waals surface area contributed by atoms with E-state index in [1.54, 1.807) is 12.1 Å². The summed E-state index contributed by atoms with van der Waals surface area (Å²) in [6, 6.07) is 13.5. The van der Waals surface area contributed by atoms with E-state index >= 15 is 0 Å². The van der Waals surface area contributed by atoms with Crippen LogP contribution in [0.15, 0.2) is 48.7 Å². The fourth-order valence-electron chi connectivity index (χ4n) is 6.53. The average molecular weight is 687 g/mol. The molecule has 12 heteroatoms. The van der Waals surface area contributed by atoms with Gasteiger partial charge >= 0.3 is 6.09 Å². The van der Waals surface area contributed by atoms with Crippen LogP contribution in [0.3, 0.4) is 0 Å². The van der Waals surface area contributed by atoms with Crippen LogP contribution in [0, 0.1) is 12.8 Å². The van der Waals surface area contributed by atoms with Crippen molar-refractivity contribution >= 4 is 52.6 Å². The van der Waals surface area contributed by atoms with Gasteiger partial charge in [-0.3, -0.25) is 4.79 Å². The zero-order valence-electron chi connectivity index (χ0n) is 25.6. The molecule has 2 aliphatic heterocycles. The van der Waals surface area contributed by atoms with Gasteiger partial charge < -0.3 is 30.3 Å². The van der Waals surface area contributed by atoms with Gasteiger partial charge in [0.2, 0.25) is 5.91 Å². The maximum Gasteiger partial charge on any atom is 0.404 e. The maximum absolute atomic E-state index is 14.2. The normalized spacial score (nSPS) is 21.2. The lowest BCUT2D eigenvalue weighted by Gasteiger charge is -2.36. The predicted octanol–water partition coefficient (Wildman–Crippen LogP) is 6.66. The number of anilines is 1. The summed E-state index contributed by atoms with van der Waals surface area (Å²) in [6.45, 7) is 5.42. The van der Waals surface area contributed by atoms with E-state index in [0.29, 0.717) is 40.5 Å². The predicted molar refractivity (Wildman–Crippen MR) is 180 cm³/mol. The highest BCUT2D eigenvalue weighted by Crippen LogP contribution is 2.38. The summed E-state index contributed by atoms with van der Waals surface area (Å²) < 4.78 is 6.21. The first-order chi connectivity index (χ1) is 22.2. The molecule has 0 bridgehead atoms. The summed E-state index contributed by atoms with van der Waals surface area (Å²) in [5.41, 5.74) is 3.66. The number of nitrogens with zero attached hydrogens (tertiary/aromatic N) is 3. The Morgan fingerprint density at radius 1 is 1.07 bits per heavy atom. The number of carboxylic acid groups (broad SMARTS) is 1. The van der Waals surface area contributed by atoms with E-state index in [4.69, 9.17) is 49.6 Å². The topological polar surface area (TPSA) is 107 Å². The number of carbonyl (C=O) groups excluding carboxylic acids is 1. The quantitative estimate of drug-likeness (QED) is 0.219. The van der Waals surface area contributed by atoms with Crippen molar-refractivity contribution in [3.05, 3.63) is 86.0 Å². The second-order valence-corrected chi connectivity index (χ2v) is 13.7. The summed E-state index contributed by atoms with van der Waals surface area (Å²) in [5, 5.41) is 16.4. The minimum absolute atomic E-state index is 0.0404. The van der Waals surface area contributed by atoms with Crippen molar-refractivity contribution in [3.63, 3.8) is 0 Å². The Bertz CT molecular complexity index is 1560. The fourth-order valence-corrected chi connectivity index (χ4v) is 7.39. The average Bonchev–Trinajstić information content (AvgIpc) is 3.78. The molecule has 3 aromatic rings. The number of carbonyl (C=O) groups is 2. The number of amides is 2. The summed E-state index contributed by atoms with van der Waals surface area (Å²) >= 11 is 19.4. The number of halogens is 3. The van der Waals surface area contributed by atoms with Crippen LogP contribution in [-0.2, 0) is 17.9 Å². The number of pyridine rings is 1. The zero-order chi connectivity index (χ0) is 32.4. The summed E-state index contributed by atoms with van der Waals surface area (Å²) in [6.07, 6.45) is 4.38. The largest absolute Gasteiger partial charge is 0.485 e. The smallest absolute Gasteiger partial charge is 0.404 e. The van der Waals surface area contributed by atoms with Crippen LogP contribution in [0.25, 0.3) is 0 Å². The van der Waals surface area contributed by atoms with Crippen molar-refractivity contribution in [2.45, 2.75) is 63.8 Å². The molecule has 2 aromatic carbocycles. The minimum Gasteiger partial charge on any atom is -0.485 e. The molecule has 9 nitrogen and oxygen atoms in total. The molecule has 46 heavy (non-hydrogen) atoms. The minimum atomic E-state index is -1.09. The molecule has 3 fully saturated rings. The van der Waals surface area contributed by atoms with Gasteiger partial charge in [-0.25, -0.2) is 9.78 Å². The number of piperidine rings is 1. The Labute approximate surface area is 284 Å². The second kappa shape index (κ2) is 14.3. The Kier molecular flexibility index (Phi) is 10.1. The third-order valence-corrected chi connectivity index (χ3v) is 9.99. The number of aromatic nitrogens is 1. The highest BCUT2D eigenvalue weighted by molar-refractivity contribution is 6.37. The number of hydrogen-bond acceptors (Lipinski definition) is 6. The third-order valence-electron chi connectivity index (χ3n) is 9.06. The molecule has 2 amide bonds. The lowest BCUT2D eigenvalue weighted by molar-refractivity contribution is -0.138. The van der Waals surface area contributed by atoms with Crippen LogP contribution < -0.4 is 20.3 Å². The molecular formula is C34H38Cl3N5O4. The van der Waals surface area contributed by atoms with E-state index in [1.807, 2.05) is 42.3 Å². The molecule has 1 aromatic heterocycles. The van der Waals surface area contributed by atoms with Gasteiger partial charge in [-0.1, -0.05) is 53.0 Å². The van der Waals surface area contributed by atoms with Gasteiger partial charge in [-0.2, -0.15) is 0 Å². The van der Waals surface area contributed by atoms with Crippen LogP contribution >= 0.6 is 34.8 Å². The maximum atomic E-state index is 14.2. The van der Waals surface area contributed by atoms with Crippen LogP contribution in [0.5, 0.6) is 5.75 Å². The molecule has 244 valence electrons. The Balaban J connectivity index is 1.13. The first-order valence-corrected chi connectivity index (χ1v) is 16.9. The van der Waals surface area contributed by atoms with Crippen LogP contribution in [0.1, 0.15) is 53.9 Å². The van der Waals surface area contributed by atoms with E-state index in [2.05, 4.69) is 21.6 Å². The first kappa shape index (κ1) is 32.7. The van der Waals surface area contributed by atoms with Gasteiger partial charge in [-0.15, -0.1) is 0 Å². The van der Waals surface area contributed by atoms with Crippen molar-refractivity contribution in [1.29, 1.82) is 0 Å². The van der Waals surface area contributed by atoms with Crippen LogP contribution in [0.2, 0.25) is 15.1 Å². The number of rotatable bonds is 10. The number of benzene rings is 2. The van der Waals surface area contributed by atoms with Crippen molar-refractivity contribution < 1.29 is 19.4 Å². The molecule has 3 aliphatic rings. The Morgan fingerprint density at radius 3 is 2.54 bits per heavy atom. The Morgan fingerprint density at radius 2 is 1.85 bits per heavy atom. The lowest BCUT2D eigenvalue weighted by atomic mass is 9.80. The van der Waals surface area contributed by atoms with E-state index in [9.17, 15) is 9.59 Å². The SMILES string of the molecule is Cc1cc(Cl)c(O[C@@H]2CCN(c3ccc([C@H]4CCNC[C@@H]4C(=O)N(Cc4cc(CNC(=O)O)ccc4Cl)C4CC4)cn3)C2)c(Cl)c1. The van der Waals surface area contributed by atoms with Crippen molar-refractivity contribution in [3.8, 4) is 5.75 Å². The van der Waals surface area contributed by atoms with Gasteiger partial charge in [0.1, 0.15) is 11.9 Å². The van der Waals surface area contributed by atoms with Crippen molar-refractivity contribution in [2.24, 2.45) is 5.92 Å². The molecule has 1 saturated carbocycles. The van der Waals surface area contributed by atoms with Crippen molar-refractivity contribution in [2.75, 3.05) is 31.1 Å². The number of hydrogen-bond donors (Lipinski definition) is 3. The Hall–Kier alpha value is -3.24. The van der Waals surface area contributed by atoms with E-state index < -0.39 is 6.09 Å². The van der Waals surface area contributed by atoms with Gasteiger partial charge in [-0.05, 0) is 85.2 Å². The summed E-state index contributed by atoms with van der Waals surface area (Å²) in [5.74, 6) is 1.32. The molecule has 1 aliphatic carbocycles. The molecule has 3 heterocycles. The van der Waals surface area contributed by atoms with E-state index in [-0.39, 0.29) is 36.4 Å². The fraction of sp³-hybridized carbons (Fsp3) is 0.441. The second-order valence-electron chi connectivity index (χ2n) is 12.5. The number of nitrogens with one attached hydrogen (secondary N) is 2. The highest BCUT2D eigenvalue weighted by Gasteiger charge is 2.40. The number of ether oxygens (including phenoxy) is 1. The van der Waals surface area contributed by atoms with E-state index in [1.165, 1.54) is 0 Å². The molecule has 3 N–H and O–H groups in total. The van der Waals surface area contributed by atoms with Crippen LogP contribution in [-0.4, -0.2) is 65.3 Å². The van der Waals surface area contributed by atoms with Gasteiger partial charge in [0, 0.05) is 49.9 Å². The first-order valence-electron chi connectivity index (χ1n) is 15.7. The standard InChI is InChI=1S/C34H38Cl3N5O4/c1-20-12-29(36)32(30(37)13-20)46-25-9-11-41(19-25)31-7-3-22(16-39-31)26-8-10-38-17-27(26)33(43)42(24-4-5-24)18-23-14-21(2-6-28(23)35)15-40-34(44)45/h2-3,6-7,12-14,16,24-27,38,40H,4-5,8-11,15,17-19H2,1H3,(H,44,45)/t25-,26-,27+/m1/s1. The molecule has 0 spiro atoms. The lowest BCUT2D eigenvalue weighted by Crippen LogP contribution is -2.47. The highest BCUT2D eigenvalue weighted by atomic mass is 35.5. The summed E-state index contributed by atoms with van der Waals surface area (Å²) in [7, 11) is 0. The van der Waals surface area contributed by atoms with Crippen LogP contribution in [0.4, 0.5) is 10.6 Å². The molecule has 0 radical (unpaired) electrons. The molecule has 2 saturated heterocycles.